The van der Waals surface area contributed by atoms with E-state index in [2.05, 4.69) is 21.2 Å². The number of rotatable bonds is 5. The van der Waals surface area contributed by atoms with Crippen LogP contribution >= 0.6 is 39.1 Å². The largest absolute Gasteiger partial charge is 0.496 e. The molecule has 9 heteroatoms. The Morgan fingerprint density at radius 3 is 2.57 bits per heavy atom. The van der Waals surface area contributed by atoms with Gasteiger partial charge in [-0.25, -0.2) is 0 Å². The second kappa shape index (κ2) is 8.34. The Labute approximate surface area is 178 Å². The van der Waals surface area contributed by atoms with Crippen molar-refractivity contribution in [3.63, 3.8) is 0 Å². The lowest BCUT2D eigenvalue weighted by atomic mass is 10.0. The zero-order chi connectivity index (χ0) is 20.4. The molecule has 0 saturated heterocycles. The van der Waals surface area contributed by atoms with Crippen molar-refractivity contribution >= 4 is 67.2 Å². The summed E-state index contributed by atoms with van der Waals surface area (Å²) in [6, 6.07) is 11.7. The summed E-state index contributed by atoms with van der Waals surface area (Å²) in [4.78, 5) is 23.3. The SMILES string of the molecule is COc1ccc2cc(Br)ccc2c1CC(=O)Nc1cc(Cl)c(Cl)cc1[N+](=O)[O-]. The summed E-state index contributed by atoms with van der Waals surface area (Å²) in [6.07, 6.45) is -0.0421. The standard InChI is InChI=1S/C19H13BrCl2N2O4/c1-28-18-5-2-10-6-11(20)3-4-12(10)13(18)7-19(25)23-16-8-14(21)15(22)9-17(16)24(26)27/h2-6,8-9H,7H2,1H3,(H,23,25). The number of benzene rings is 3. The van der Waals surface area contributed by atoms with Crippen molar-refractivity contribution in [3.05, 3.63) is 72.7 Å². The molecule has 6 nitrogen and oxygen atoms in total. The molecule has 0 aliphatic carbocycles. The number of carbonyl (C=O) groups is 1. The number of hydrogen-bond acceptors (Lipinski definition) is 4. The van der Waals surface area contributed by atoms with Crippen molar-refractivity contribution < 1.29 is 14.5 Å². The van der Waals surface area contributed by atoms with Gasteiger partial charge in [-0.1, -0.05) is 51.3 Å². The summed E-state index contributed by atoms with van der Waals surface area (Å²) in [6.45, 7) is 0. The first kappa shape index (κ1) is 20.4. The summed E-state index contributed by atoms with van der Waals surface area (Å²) >= 11 is 15.2. The quantitative estimate of drug-likeness (QED) is 0.356. The highest BCUT2D eigenvalue weighted by molar-refractivity contribution is 9.10. The smallest absolute Gasteiger partial charge is 0.294 e. The highest BCUT2D eigenvalue weighted by Gasteiger charge is 2.20. The maximum atomic E-state index is 12.7. The monoisotopic (exact) mass is 482 g/mol. The number of nitro benzene ring substituents is 1. The van der Waals surface area contributed by atoms with Crippen molar-refractivity contribution in [3.8, 4) is 5.75 Å². The molecule has 3 aromatic rings. The third-order valence-corrected chi connectivity index (χ3v) is 5.33. The molecule has 0 atom stereocenters. The third-order valence-electron chi connectivity index (χ3n) is 4.12. The summed E-state index contributed by atoms with van der Waals surface area (Å²) in [5, 5.41) is 15.7. The van der Waals surface area contributed by atoms with Crippen LogP contribution in [0.2, 0.25) is 10.0 Å². The lowest BCUT2D eigenvalue weighted by molar-refractivity contribution is -0.383. The Balaban J connectivity index is 1.96. The van der Waals surface area contributed by atoms with Gasteiger partial charge in [-0.15, -0.1) is 0 Å². The average molecular weight is 484 g/mol. The summed E-state index contributed by atoms with van der Waals surface area (Å²) in [5.41, 5.74) is 0.315. The predicted octanol–water partition coefficient (Wildman–Crippen LogP) is 6.01. The topological polar surface area (TPSA) is 81.5 Å². The second-order valence-electron chi connectivity index (χ2n) is 5.88. The summed E-state index contributed by atoms with van der Waals surface area (Å²) < 4.78 is 6.30. The summed E-state index contributed by atoms with van der Waals surface area (Å²) in [5.74, 6) is 0.101. The normalized spacial score (nSPS) is 10.7. The second-order valence-corrected chi connectivity index (χ2v) is 7.61. The fraction of sp³-hybridized carbons (Fsp3) is 0.105. The van der Waals surface area contributed by atoms with Crippen molar-refractivity contribution in [1.82, 2.24) is 0 Å². The van der Waals surface area contributed by atoms with Gasteiger partial charge in [-0.3, -0.25) is 14.9 Å². The minimum absolute atomic E-state index is 0.0219. The van der Waals surface area contributed by atoms with E-state index in [0.29, 0.717) is 11.3 Å². The van der Waals surface area contributed by atoms with Crippen molar-refractivity contribution in [1.29, 1.82) is 0 Å². The van der Waals surface area contributed by atoms with Crippen molar-refractivity contribution in [2.75, 3.05) is 12.4 Å². The molecular formula is C19H13BrCl2N2O4. The number of anilines is 1. The molecule has 0 saturated carbocycles. The van der Waals surface area contributed by atoms with Crippen LogP contribution in [0.25, 0.3) is 10.8 Å². The van der Waals surface area contributed by atoms with Gasteiger partial charge in [-0.2, -0.15) is 0 Å². The fourth-order valence-electron chi connectivity index (χ4n) is 2.86. The molecule has 0 unspecified atom stereocenters. The van der Waals surface area contributed by atoms with Gasteiger partial charge < -0.3 is 10.1 Å². The van der Waals surface area contributed by atoms with Gasteiger partial charge in [0.05, 0.1) is 28.5 Å². The molecule has 0 bridgehead atoms. The van der Waals surface area contributed by atoms with E-state index in [-0.39, 0.29) is 27.8 Å². The van der Waals surface area contributed by atoms with Crippen LogP contribution in [0.15, 0.2) is 46.9 Å². The number of halogens is 3. The van der Waals surface area contributed by atoms with E-state index >= 15 is 0 Å². The molecule has 3 rings (SSSR count). The number of ether oxygens (including phenoxy) is 1. The van der Waals surface area contributed by atoms with Crippen LogP contribution in [0.3, 0.4) is 0 Å². The van der Waals surface area contributed by atoms with Crippen LogP contribution in [0.1, 0.15) is 5.56 Å². The number of hydrogen-bond donors (Lipinski definition) is 1. The number of fused-ring (bicyclic) bond motifs is 1. The number of carbonyl (C=O) groups excluding carboxylic acids is 1. The Kier molecular flexibility index (Phi) is 6.07. The average Bonchev–Trinajstić information content (AvgIpc) is 2.64. The molecule has 3 aromatic carbocycles. The highest BCUT2D eigenvalue weighted by Crippen LogP contribution is 2.35. The zero-order valence-corrected chi connectivity index (χ0v) is 17.6. The van der Waals surface area contributed by atoms with Crippen LogP contribution in [-0.4, -0.2) is 17.9 Å². The van der Waals surface area contributed by atoms with E-state index in [4.69, 9.17) is 27.9 Å². The molecule has 144 valence electrons. The van der Waals surface area contributed by atoms with Gasteiger partial charge in [0.25, 0.3) is 5.69 Å². The zero-order valence-electron chi connectivity index (χ0n) is 14.5. The molecule has 0 fully saturated rings. The van der Waals surface area contributed by atoms with Gasteiger partial charge in [0.2, 0.25) is 5.91 Å². The van der Waals surface area contributed by atoms with E-state index in [1.54, 1.807) is 6.07 Å². The first-order valence-electron chi connectivity index (χ1n) is 7.98. The number of nitrogens with zero attached hydrogens (tertiary/aromatic N) is 1. The molecule has 0 aromatic heterocycles. The lowest BCUT2D eigenvalue weighted by Gasteiger charge is -2.13. The Bertz CT molecular complexity index is 1100. The number of amides is 1. The number of nitro groups is 1. The van der Waals surface area contributed by atoms with E-state index < -0.39 is 10.8 Å². The maximum Gasteiger partial charge on any atom is 0.294 e. The van der Waals surface area contributed by atoms with Crippen LogP contribution in [0.4, 0.5) is 11.4 Å². The molecular weight excluding hydrogens is 471 g/mol. The minimum Gasteiger partial charge on any atom is -0.496 e. The third kappa shape index (κ3) is 4.22. The predicted molar refractivity (Wildman–Crippen MR) is 114 cm³/mol. The van der Waals surface area contributed by atoms with Crippen LogP contribution in [-0.2, 0) is 11.2 Å². The van der Waals surface area contributed by atoms with E-state index in [1.807, 2.05) is 24.3 Å². The lowest BCUT2D eigenvalue weighted by Crippen LogP contribution is -2.16. The van der Waals surface area contributed by atoms with Crippen LogP contribution in [0.5, 0.6) is 5.75 Å². The van der Waals surface area contributed by atoms with Gasteiger partial charge >= 0.3 is 0 Å². The van der Waals surface area contributed by atoms with E-state index in [1.165, 1.54) is 13.2 Å². The summed E-state index contributed by atoms with van der Waals surface area (Å²) in [7, 11) is 1.52. The molecule has 0 aliphatic heterocycles. The Morgan fingerprint density at radius 1 is 1.18 bits per heavy atom. The van der Waals surface area contributed by atoms with Crippen molar-refractivity contribution in [2.24, 2.45) is 0 Å². The first-order chi connectivity index (χ1) is 13.3. The van der Waals surface area contributed by atoms with E-state index in [0.717, 1.165) is 21.3 Å². The molecule has 0 heterocycles. The van der Waals surface area contributed by atoms with Gasteiger partial charge in [0.1, 0.15) is 11.4 Å². The van der Waals surface area contributed by atoms with Gasteiger partial charge in [0, 0.05) is 16.1 Å². The molecule has 0 radical (unpaired) electrons. The maximum absolute atomic E-state index is 12.7. The molecule has 1 N–H and O–H groups in total. The fourth-order valence-corrected chi connectivity index (χ4v) is 3.56. The molecule has 0 spiro atoms. The van der Waals surface area contributed by atoms with Crippen LogP contribution < -0.4 is 10.1 Å². The van der Waals surface area contributed by atoms with Crippen molar-refractivity contribution in [2.45, 2.75) is 6.42 Å². The molecule has 0 aliphatic rings. The van der Waals surface area contributed by atoms with Crippen LogP contribution in [0, 0.1) is 10.1 Å². The Hall–Kier alpha value is -2.35. The van der Waals surface area contributed by atoms with Gasteiger partial charge in [-0.05, 0) is 35.0 Å². The first-order valence-corrected chi connectivity index (χ1v) is 9.53. The number of nitrogens with one attached hydrogen (secondary N) is 1. The van der Waals surface area contributed by atoms with Gasteiger partial charge in [0.15, 0.2) is 0 Å². The molecule has 28 heavy (non-hydrogen) atoms. The molecule has 1 amide bonds. The number of methoxy groups -OCH3 is 1. The van der Waals surface area contributed by atoms with E-state index in [9.17, 15) is 14.9 Å². The highest BCUT2D eigenvalue weighted by atomic mass is 79.9. The minimum atomic E-state index is -0.631. The Morgan fingerprint density at radius 2 is 1.89 bits per heavy atom.